The van der Waals surface area contributed by atoms with Crippen molar-refractivity contribution in [1.82, 2.24) is 14.8 Å². The zero-order valence-electron chi connectivity index (χ0n) is 14.3. The van der Waals surface area contributed by atoms with Gasteiger partial charge in [0.05, 0.1) is 27.0 Å². The van der Waals surface area contributed by atoms with Crippen LogP contribution in [0.3, 0.4) is 0 Å². The molecule has 3 aromatic rings. The van der Waals surface area contributed by atoms with Crippen LogP contribution >= 0.6 is 0 Å². The Balaban J connectivity index is 2.01. The fourth-order valence-corrected chi connectivity index (χ4v) is 2.64. The third-order valence-electron chi connectivity index (χ3n) is 3.86. The van der Waals surface area contributed by atoms with Crippen LogP contribution in [0.1, 0.15) is 11.4 Å². The van der Waals surface area contributed by atoms with Crippen molar-refractivity contribution in [2.24, 2.45) is 0 Å². The van der Waals surface area contributed by atoms with Crippen LogP contribution in [0.15, 0.2) is 47.3 Å². The fraction of sp³-hybridized carbons (Fsp3) is 0.222. The topological polar surface area (TPSA) is 78.4 Å². The minimum Gasteiger partial charge on any atom is -0.497 e. The summed E-state index contributed by atoms with van der Waals surface area (Å²) in [7, 11) is 4.74. The summed E-state index contributed by atoms with van der Waals surface area (Å²) in [5.41, 5.74) is 1.32. The molecule has 0 aliphatic rings. The SMILES string of the molecule is COc1cccc(Cc2n[nH]c(=O)n2-c2ccc(OC)c(OC)c2)c1. The van der Waals surface area contributed by atoms with E-state index in [2.05, 4.69) is 10.2 Å². The fourth-order valence-electron chi connectivity index (χ4n) is 2.64. The normalized spacial score (nSPS) is 10.5. The summed E-state index contributed by atoms with van der Waals surface area (Å²) in [5, 5.41) is 6.66. The minimum atomic E-state index is -0.315. The van der Waals surface area contributed by atoms with Crippen LogP contribution < -0.4 is 19.9 Å². The first-order chi connectivity index (χ1) is 12.2. The van der Waals surface area contributed by atoms with Crippen molar-refractivity contribution in [2.75, 3.05) is 21.3 Å². The van der Waals surface area contributed by atoms with Crippen molar-refractivity contribution in [3.05, 3.63) is 64.3 Å². The molecule has 0 amide bonds. The molecule has 2 aromatic carbocycles. The van der Waals surface area contributed by atoms with E-state index in [0.717, 1.165) is 11.3 Å². The first kappa shape index (κ1) is 16.6. The number of nitrogens with zero attached hydrogens (tertiary/aromatic N) is 2. The Morgan fingerprint density at radius 3 is 2.52 bits per heavy atom. The summed E-state index contributed by atoms with van der Waals surface area (Å²) in [5.74, 6) is 2.48. The van der Waals surface area contributed by atoms with E-state index < -0.39 is 0 Å². The largest absolute Gasteiger partial charge is 0.497 e. The Hall–Kier alpha value is -3.22. The molecule has 0 aliphatic heterocycles. The Morgan fingerprint density at radius 1 is 1.00 bits per heavy atom. The highest BCUT2D eigenvalue weighted by atomic mass is 16.5. The van der Waals surface area contributed by atoms with Gasteiger partial charge in [-0.05, 0) is 29.8 Å². The zero-order valence-corrected chi connectivity index (χ0v) is 14.3. The lowest BCUT2D eigenvalue weighted by Crippen LogP contribution is -2.17. The van der Waals surface area contributed by atoms with Gasteiger partial charge in [-0.25, -0.2) is 14.5 Å². The van der Waals surface area contributed by atoms with Gasteiger partial charge in [-0.3, -0.25) is 0 Å². The van der Waals surface area contributed by atoms with Crippen LogP contribution in [0, 0.1) is 0 Å². The average Bonchev–Trinajstić information content (AvgIpc) is 3.01. The van der Waals surface area contributed by atoms with E-state index in [-0.39, 0.29) is 5.69 Å². The van der Waals surface area contributed by atoms with Crippen molar-refractivity contribution in [1.29, 1.82) is 0 Å². The molecule has 7 nitrogen and oxygen atoms in total. The van der Waals surface area contributed by atoms with E-state index in [1.165, 1.54) is 4.57 Å². The lowest BCUT2D eigenvalue weighted by molar-refractivity contribution is 0.355. The smallest absolute Gasteiger partial charge is 0.347 e. The highest BCUT2D eigenvalue weighted by Crippen LogP contribution is 2.29. The van der Waals surface area contributed by atoms with Gasteiger partial charge in [0.25, 0.3) is 0 Å². The molecule has 3 rings (SSSR count). The zero-order chi connectivity index (χ0) is 17.8. The summed E-state index contributed by atoms with van der Waals surface area (Å²) in [6.07, 6.45) is 0.476. The van der Waals surface area contributed by atoms with Gasteiger partial charge in [-0.15, -0.1) is 0 Å². The molecular weight excluding hydrogens is 322 g/mol. The molecule has 0 radical (unpaired) electrons. The van der Waals surface area contributed by atoms with E-state index in [1.54, 1.807) is 39.5 Å². The molecule has 7 heteroatoms. The van der Waals surface area contributed by atoms with Crippen LogP contribution in [-0.2, 0) is 6.42 Å². The summed E-state index contributed by atoms with van der Waals surface area (Å²) in [6, 6.07) is 12.9. The van der Waals surface area contributed by atoms with E-state index in [1.807, 2.05) is 24.3 Å². The number of benzene rings is 2. The van der Waals surface area contributed by atoms with Gasteiger partial charge in [0.2, 0.25) is 0 Å². The van der Waals surface area contributed by atoms with Crippen molar-refractivity contribution in [2.45, 2.75) is 6.42 Å². The van der Waals surface area contributed by atoms with Gasteiger partial charge in [0.1, 0.15) is 11.6 Å². The Labute approximate surface area is 144 Å². The maximum absolute atomic E-state index is 12.3. The third-order valence-corrected chi connectivity index (χ3v) is 3.86. The van der Waals surface area contributed by atoms with Gasteiger partial charge in [0.15, 0.2) is 11.5 Å². The van der Waals surface area contributed by atoms with Crippen LogP contribution in [-0.4, -0.2) is 36.1 Å². The van der Waals surface area contributed by atoms with Crippen LogP contribution in [0.4, 0.5) is 0 Å². The molecule has 0 atom stereocenters. The second-order valence-electron chi connectivity index (χ2n) is 5.35. The third kappa shape index (κ3) is 3.35. The molecule has 0 bridgehead atoms. The van der Waals surface area contributed by atoms with Gasteiger partial charge >= 0.3 is 5.69 Å². The molecule has 0 saturated carbocycles. The predicted octanol–water partition coefficient (Wildman–Crippen LogP) is 2.18. The summed E-state index contributed by atoms with van der Waals surface area (Å²) in [4.78, 5) is 12.3. The number of ether oxygens (including phenoxy) is 3. The van der Waals surface area contributed by atoms with Gasteiger partial charge < -0.3 is 14.2 Å². The standard InChI is InChI=1S/C18H19N3O4/c1-23-14-6-4-5-12(9-14)10-17-19-20-18(22)21(17)13-7-8-15(24-2)16(11-13)25-3/h4-9,11H,10H2,1-3H3,(H,20,22). The summed E-state index contributed by atoms with van der Waals surface area (Å²) in [6.45, 7) is 0. The van der Waals surface area contributed by atoms with Crippen LogP contribution in [0.2, 0.25) is 0 Å². The lowest BCUT2D eigenvalue weighted by atomic mass is 10.1. The molecule has 1 N–H and O–H groups in total. The number of aromatic nitrogens is 3. The molecular formula is C18H19N3O4. The quantitative estimate of drug-likeness (QED) is 0.743. The first-order valence-electron chi connectivity index (χ1n) is 7.68. The number of rotatable bonds is 6. The van der Waals surface area contributed by atoms with Crippen molar-refractivity contribution >= 4 is 0 Å². The number of hydrogen-bond acceptors (Lipinski definition) is 5. The maximum Gasteiger partial charge on any atom is 0.347 e. The Morgan fingerprint density at radius 2 is 1.80 bits per heavy atom. The first-order valence-corrected chi connectivity index (χ1v) is 7.68. The number of hydrogen-bond donors (Lipinski definition) is 1. The molecule has 0 fully saturated rings. The molecule has 1 aromatic heterocycles. The van der Waals surface area contributed by atoms with E-state index in [0.29, 0.717) is 29.4 Å². The average molecular weight is 341 g/mol. The number of aromatic amines is 1. The van der Waals surface area contributed by atoms with Crippen LogP contribution in [0.25, 0.3) is 5.69 Å². The maximum atomic E-state index is 12.3. The van der Waals surface area contributed by atoms with E-state index in [4.69, 9.17) is 14.2 Å². The number of methoxy groups -OCH3 is 3. The predicted molar refractivity (Wildman–Crippen MR) is 93.1 cm³/mol. The lowest BCUT2D eigenvalue weighted by Gasteiger charge is -2.11. The minimum absolute atomic E-state index is 0.315. The molecule has 0 spiro atoms. The molecule has 1 heterocycles. The number of H-pyrrole nitrogens is 1. The van der Waals surface area contributed by atoms with Crippen molar-refractivity contribution in [3.8, 4) is 22.9 Å². The number of nitrogens with one attached hydrogen (secondary N) is 1. The summed E-state index contributed by atoms with van der Waals surface area (Å²) < 4.78 is 17.3. The van der Waals surface area contributed by atoms with Crippen molar-refractivity contribution < 1.29 is 14.2 Å². The molecule has 0 saturated heterocycles. The molecule has 0 unspecified atom stereocenters. The van der Waals surface area contributed by atoms with E-state index in [9.17, 15) is 4.79 Å². The molecule has 25 heavy (non-hydrogen) atoms. The van der Waals surface area contributed by atoms with Gasteiger partial charge in [0, 0.05) is 12.5 Å². The highest BCUT2D eigenvalue weighted by Gasteiger charge is 2.14. The van der Waals surface area contributed by atoms with Crippen molar-refractivity contribution in [3.63, 3.8) is 0 Å². The van der Waals surface area contributed by atoms with Gasteiger partial charge in [-0.1, -0.05) is 12.1 Å². The van der Waals surface area contributed by atoms with Gasteiger partial charge in [-0.2, -0.15) is 5.10 Å². The van der Waals surface area contributed by atoms with E-state index >= 15 is 0 Å². The molecule has 130 valence electrons. The Bertz CT molecular complexity index is 930. The second kappa shape index (κ2) is 7.12. The summed E-state index contributed by atoms with van der Waals surface area (Å²) >= 11 is 0. The second-order valence-corrected chi connectivity index (χ2v) is 5.35. The molecule has 0 aliphatic carbocycles. The van der Waals surface area contributed by atoms with Crippen LogP contribution in [0.5, 0.6) is 17.2 Å². The highest BCUT2D eigenvalue weighted by molar-refractivity contribution is 5.49. The monoisotopic (exact) mass is 341 g/mol. The Kier molecular flexibility index (Phi) is 4.74.